The van der Waals surface area contributed by atoms with Crippen molar-refractivity contribution in [2.75, 3.05) is 13.7 Å². The van der Waals surface area contributed by atoms with Crippen LogP contribution in [0.4, 0.5) is 0 Å². The number of benzene rings is 2. The fourth-order valence-corrected chi connectivity index (χ4v) is 2.61. The van der Waals surface area contributed by atoms with Crippen molar-refractivity contribution in [3.05, 3.63) is 84.4 Å². The predicted molar refractivity (Wildman–Crippen MR) is 100 cm³/mol. The Balaban J connectivity index is 1.71. The number of methoxy groups -OCH3 is 1. The zero-order valence-corrected chi connectivity index (χ0v) is 15.4. The van der Waals surface area contributed by atoms with Crippen LogP contribution >= 0.6 is 0 Å². The van der Waals surface area contributed by atoms with Crippen molar-refractivity contribution in [1.82, 2.24) is 9.55 Å². The molecule has 1 heterocycles. The first-order chi connectivity index (χ1) is 13.1. The quantitative estimate of drug-likeness (QED) is 0.570. The van der Waals surface area contributed by atoms with Crippen LogP contribution in [0.1, 0.15) is 22.8 Å². The number of esters is 1. The van der Waals surface area contributed by atoms with E-state index in [4.69, 9.17) is 14.2 Å². The lowest BCUT2D eigenvalue weighted by molar-refractivity contribution is -0.107. The molecule has 0 saturated heterocycles. The molecule has 0 radical (unpaired) electrons. The lowest BCUT2D eigenvalue weighted by atomic mass is 10.2. The molecule has 27 heavy (non-hydrogen) atoms. The summed E-state index contributed by atoms with van der Waals surface area (Å²) in [6.45, 7) is 2.40. The molecule has 0 saturated carbocycles. The first-order valence-corrected chi connectivity index (χ1v) is 8.58. The molecular formula is C21H22N2O4. The van der Waals surface area contributed by atoms with Crippen molar-refractivity contribution in [3.63, 3.8) is 0 Å². The molecule has 0 N–H and O–H groups in total. The highest BCUT2D eigenvalue weighted by atomic mass is 16.6. The van der Waals surface area contributed by atoms with Crippen LogP contribution in [-0.4, -0.2) is 29.2 Å². The van der Waals surface area contributed by atoms with Crippen LogP contribution in [0.15, 0.2) is 73.3 Å². The molecule has 2 aromatic carbocycles. The summed E-state index contributed by atoms with van der Waals surface area (Å²) in [7, 11) is 1.58. The molecule has 0 aliphatic heterocycles. The Hall–Kier alpha value is -3.12. The molecule has 6 heteroatoms. The van der Waals surface area contributed by atoms with Gasteiger partial charge in [-0.3, -0.25) is 4.57 Å². The van der Waals surface area contributed by atoms with E-state index in [9.17, 15) is 4.79 Å². The Kier molecular flexibility index (Phi) is 5.88. The van der Waals surface area contributed by atoms with Crippen LogP contribution in [0, 0.1) is 0 Å². The minimum atomic E-state index is -1.03. The Labute approximate surface area is 158 Å². The molecular weight excluding hydrogens is 344 g/mol. The molecule has 1 aromatic heterocycles. The average Bonchev–Trinajstić information content (AvgIpc) is 3.24. The molecule has 0 amide bonds. The Bertz CT molecular complexity index is 848. The van der Waals surface area contributed by atoms with Crippen molar-refractivity contribution in [2.24, 2.45) is 0 Å². The van der Waals surface area contributed by atoms with Gasteiger partial charge in [0, 0.05) is 12.4 Å². The number of hydrogen-bond acceptors (Lipinski definition) is 5. The van der Waals surface area contributed by atoms with Gasteiger partial charge in [-0.2, -0.15) is 0 Å². The standard InChI is InChI=1S/C21H22N2O4/c1-21(23-13-12-22-16-23,15-26-14-17-6-4-3-5-7-17)27-20(24)18-8-10-19(25-2)11-9-18/h3-13,16H,14-15H2,1-2H3/t21-/m0/s1. The summed E-state index contributed by atoms with van der Waals surface area (Å²) in [5.41, 5.74) is 0.458. The number of carbonyl (C=O) groups is 1. The van der Waals surface area contributed by atoms with Gasteiger partial charge in [-0.05, 0) is 36.8 Å². The molecule has 0 bridgehead atoms. The Morgan fingerprint density at radius 3 is 2.48 bits per heavy atom. The summed E-state index contributed by atoms with van der Waals surface area (Å²) in [5, 5.41) is 0. The third-order valence-corrected chi connectivity index (χ3v) is 4.17. The minimum Gasteiger partial charge on any atom is -0.497 e. The highest BCUT2D eigenvalue weighted by Gasteiger charge is 2.31. The van der Waals surface area contributed by atoms with Crippen molar-refractivity contribution in [1.29, 1.82) is 0 Å². The fourth-order valence-electron chi connectivity index (χ4n) is 2.61. The zero-order chi connectivity index (χ0) is 19.1. The number of nitrogens with zero attached hydrogens (tertiary/aromatic N) is 2. The van der Waals surface area contributed by atoms with Crippen molar-refractivity contribution >= 4 is 5.97 Å². The predicted octanol–water partition coefficient (Wildman–Crippen LogP) is 3.64. The first kappa shape index (κ1) is 18.7. The lowest BCUT2D eigenvalue weighted by Gasteiger charge is -2.30. The molecule has 0 unspecified atom stereocenters. The smallest absolute Gasteiger partial charge is 0.340 e. The zero-order valence-electron chi connectivity index (χ0n) is 15.4. The average molecular weight is 366 g/mol. The van der Waals surface area contributed by atoms with Crippen LogP contribution in [0.2, 0.25) is 0 Å². The van der Waals surface area contributed by atoms with E-state index < -0.39 is 11.7 Å². The molecule has 1 atom stereocenters. The molecule has 3 rings (SSSR count). The van der Waals surface area contributed by atoms with Gasteiger partial charge in [-0.25, -0.2) is 9.78 Å². The molecule has 0 aliphatic rings. The second kappa shape index (κ2) is 8.51. The molecule has 3 aromatic rings. The SMILES string of the molecule is COc1ccc(C(=O)O[C@@](C)(COCc2ccccc2)n2ccnc2)cc1. The Morgan fingerprint density at radius 1 is 1.11 bits per heavy atom. The summed E-state index contributed by atoms with van der Waals surface area (Å²) in [6.07, 6.45) is 4.98. The number of ether oxygens (including phenoxy) is 3. The van der Waals surface area contributed by atoms with Gasteiger partial charge in [0.25, 0.3) is 0 Å². The van der Waals surface area contributed by atoms with Crippen molar-refractivity contribution in [3.8, 4) is 5.75 Å². The summed E-state index contributed by atoms with van der Waals surface area (Å²) < 4.78 is 18.5. The highest BCUT2D eigenvalue weighted by molar-refractivity contribution is 5.89. The molecule has 0 spiro atoms. The van der Waals surface area contributed by atoms with Gasteiger partial charge in [0.05, 0.1) is 25.6 Å². The number of imidazole rings is 1. The maximum Gasteiger partial charge on any atom is 0.340 e. The van der Waals surface area contributed by atoms with Gasteiger partial charge >= 0.3 is 5.97 Å². The minimum absolute atomic E-state index is 0.181. The first-order valence-electron chi connectivity index (χ1n) is 8.58. The van der Waals surface area contributed by atoms with Crippen LogP contribution in [0.5, 0.6) is 5.75 Å². The van der Waals surface area contributed by atoms with Crippen molar-refractivity contribution < 1.29 is 19.0 Å². The lowest BCUT2D eigenvalue weighted by Crippen LogP contribution is -2.39. The highest BCUT2D eigenvalue weighted by Crippen LogP contribution is 2.22. The summed E-state index contributed by atoms with van der Waals surface area (Å²) in [4.78, 5) is 16.7. The summed E-state index contributed by atoms with van der Waals surface area (Å²) in [5.74, 6) is 0.229. The monoisotopic (exact) mass is 366 g/mol. The largest absolute Gasteiger partial charge is 0.497 e. The third kappa shape index (κ3) is 4.74. The van der Waals surface area contributed by atoms with Crippen LogP contribution in [-0.2, 0) is 21.8 Å². The number of hydrogen-bond donors (Lipinski definition) is 0. The third-order valence-electron chi connectivity index (χ3n) is 4.17. The van der Waals surface area contributed by atoms with E-state index >= 15 is 0 Å². The van der Waals surface area contributed by atoms with Gasteiger partial charge in [0.15, 0.2) is 0 Å². The van der Waals surface area contributed by atoms with Gasteiger partial charge in [-0.15, -0.1) is 0 Å². The number of rotatable bonds is 8. The normalized spacial score (nSPS) is 13.0. The van der Waals surface area contributed by atoms with Crippen LogP contribution in [0.25, 0.3) is 0 Å². The topological polar surface area (TPSA) is 62.6 Å². The second-order valence-corrected chi connectivity index (χ2v) is 6.24. The van der Waals surface area contributed by atoms with E-state index in [1.54, 1.807) is 61.6 Å². The number of aromatic nitrogens is 2. The van der Waals surface area contributed by atoms with E-state index in [0.717, 1.165) is 5.56 Å². The maximum absolute atomic E-state index is 12.6. The van der Waals surface area contributed by atoms with E-state index in [1.807, 2.05) is 30.3 Å². The second-order valence-electron chi connectivity index (χ2n) is 6.24. The molecule has 0 fully saturated rings. The summed E-state index contributed by atoms with van der Waals surface area (Å²) >= 11 is 0. The van der Waals surface area contributed by atoms with E-state index in [2.05, 4.69) is 4.98 Å². The van der Waals surface area contributed by atoms with E-state index in [1.165, 1.54) is 0 Å². The van der Waals surface area contributed by atoms with Gasteiger partial charge in [-0.1, -0.05) is 30.3 Å². The fraction of sp³-hybridized carbons (Fsp3) is 0.238. The summed E-state index contributed by atoms with van der Waals surface area (Å²) in [6, 6.07) is 16.6. The molecule has 0 aliphatic carbocycles. The van der Waals surface area contributed by atoms with E-state index in [-0.39, 0.29) is 6.61 Å². The van der Waals surface area contributed by atoms with Crippen LogP contribution in [0.3, 0.4) is 0 Å². The Morgan fingerprint density at radius 2 is 1.85 bits per heavy atom. The van der Waals surface area contributed by atoms with E-state index in [0.29, 0.717) is 17.9 Å². The molecule has 140 valence electrons. The van der Waals surface area contributed by atoms with Gasteiger partial charge in [0.2, 0.25) is 5.72 Å². The maximum atomic E-state index is 12.6. The van der Waals surface area contributed by atoms with Crippen LogP contribution < -0.4 is 4.74 Å². The van der Waals surface area contributed by atoms with Crippen molar-refractivity contribution in [2.45, 2.75) is 19.3 Å². The molecule has 6 nitrogen and oxygen atoms in total. The van der Waals surface area contributed by atoms with Gasteiger partial charge in [0.1, 0.15) is 12.4 Å². The number of carbonyl (C=O) groups excluding carboxylic acids is 1. The van der Waals surface area contributed by atoms with Gasteiger partial charge < -0.3 is 14.2 Å².